The maximum absolute atomic E-state index is 12.4. The number of nitrogens with zero attached hydrogens (tertiary/aromatic N) is 1. The van der Waals surface area contributed by atoms with E-state index >= 15 is 0 Å². The molecule has 3 N–H and O–H groups in total. The maximum Gasteiger partial charge on any atom is 0.245 e. The van der Waals surface area contributed by atoms with Crippen LogP contribution in [0.5, 0.6) is 0 Å². The zero-order valence-electron chi connectivity index (χ0n) is 10.1. The van der Waals surface area contributed by atoms with Crippen LogP contribution in [0.4, 0.5) is 5.69 Å². The number of nitrogens with two attached hydrogens (primary N) is 1. The van der Waals surface area contributed by atoms with Gasteiger partial charge in [-0.05, 0) is 18.2 Å². The number of carbonyl (C=O) groups is 1. The van der Waals surface area contributed by atoms with Crippen molar-refractivity contribution in [1.82, 2.24) is 9.62 Å². The van der Waals surface area contributed by atoms with Gasteiger partial charge in [0.15, 0.2) is 0 Å². The normalized spacial score (nSPS) is 17.8. The lowest BCUT2D eigenvalue weighted by Gasteiger charge is -2.20. The Balaban J connectivity index is 2.33. The summed E-state index contributed by atoms with van der Waals surface area (Å²) in [4.78, 5) is 11.2. The minimum atomic E-state index is -3.70. The van der Waals surface area contributed by atoms with Gasteiger partial charge in [-0.15, -0.1) is 0 Å². The molecule has 1 fully saturated rings. The van der Waals surface area contributed by atoms with Gasteiger partial charge in [0.25, 0.3) is 0 Å². The predicted octanol–water partition coefficient (Wildman–Crippen LogP) is 0.433. The summed E-state index contributed by atoms with van der Waals surface area (Å²) in [7, 11) is -3.70. The summed E-state index contributed by atoms with van der Waals surface area (Å²) in [5, 5.41) is 3.00. The van der Waals surface area contributed by atoms with Crippen LogP contribution in [0.3, 0.4) is 0 Å². The number of hydrogen-bond acceptors (Lipinski definition) is 4. The Kier molecular flexibility index (Phi) is 3.98. The largest absolute Gasteiger partial charge is 0.398 e. The molecular weight excluding hydrogens is 290 g/mol. The second-order valence-electron chi connectivity index (χ2n) is 4.19. The number of sulfonamides is 1. The molecule has 1 aromatic carbocycles. The van der Waals surface area contributed by atoms with Crippen LogP contribution in [-0.4, -0.2) is 38.3 Å². The molecule has 104 valence electrons. The lowest BCUT2D eigenvalue weighted by molar-refractivity contribution is -0.120. The van der Waals surface area contributed by atoms with E-state index in [4.69, 9.17) is 17.3 Å². The van der Waals surface area contributed by atoms with Gasteiger partial charge in [0.05, 0.1) is 5.69 Å². The SMILES string of the molecule is Nc1cc(Cl)ccc1S(=O)(=O)N1CCNC(=O)CC1. The summed E-state index contributed by atoms with van der Waals surface area (Å²) >= 11 is 5.75. The lowest BCUT2D eigenvalue weighted by atomic mass is 10.3. The number of carbonyl (C=O) groups excluding carboxylic acids is 1. The van der Waals surface area contributed by atoms with Gasteiger partial charge in [0.1, 0.15) is 4.90 Å². The van der Waals surface area contributed by atoms with Crippen molar-refractivity contribution in [2.24, 2.45) is 0 Å². The van der Waals surface area contributed by atoms with E-state index in [1.807, 2.05) is 0 Å². The second-order valence-corrected chi connectivity index (χ2v) is 6.53. The van der Waals surface area contributed by atoms with Crippen molar-refractivity contribution in [2.45, 2.75) is 11.3 Å². The molecule has 1 aromatic rings. The van der Waals surface area contributed by atoms with Crippen molar-refractivity contribution in [2.75, 3.05) is 25.4 Å². The topological polar surface area (TPSA) is 92.5 Å². The zero-order valence-corrected chi connectivity index (χ0v) is 11.7. The summed E-state index contributed by atoms with van der Waals surface area (Å²) in [5.74, 6) is -0.151. The molecule has 1 saturated heterocycles. The first-order valence-corrected chi connectivity index (χ1v) is 7.55. The smallest absolute Gasteiger partial charge is 0.245 e. The molecule has 1 amide bonds. The fourth-order valence-corrected chi connectivity index (χ4v) is 3.60. The molecule has 0 radical (unpaired) electrons. The average molecular weight is 304 g/mol. The van der Waals surface area contributed by atoms with Gasteiger partial charge >= 0.3 is 0 Å². The predicted molar refractivity (Wildman–Crippen MR) is 72.2 cm³/mol. The van der Waals surface area contributed by atoms with E-state index in [0.29, 0.717) is 11.6 Å². The van der Waals surface area contributed by atoms with Crippen LogP contribution in [0.25, 0.3) is 0 Å². The third kappa shape index (κ3) is 2.99. The molecule has 1 heterocycles. The number of anilines is 1. The molecule has 1 aliphatic rings. The minimum Gasteiger partial charge on any atom is -0.398 e. The third-order valence-corrected chi connectivity index (χ3v) is 5.07. The summed E-state index contributed by atoms with van der Waals surface area (Å²) in [5.41, 5.74) is 5.82. The molecule has 2 rings (SSSR count). The average Bonchev–Trinajstić information content (AvgIpc) is 2.53. The molecular formula is C11H14ClN3O3S. The number of nitrogen functional groups attached to an aromatic ring is 1. The Morgan fingerprint density at radius 2 is 2.05 bits per heavy atom. The Morgan fingerprint density at radius 3 is 2.74 bits per heavy atom. The van der Waals surface area contributed by atoms with Gasteiger partial charge in [-0.2, -0.15) is 4.31 Å². The van der Waals surface area contributed by atoms with Gasteiger partial charge in [-0.25, -0.2) is 8.42 Å². The number of amides is 1. The maximum atomic E-state index is 12.4. The van der Waals surface area contributed by atoms with Gasteiger partial charge in [-0.3, -0.25) is 4.79 Å². The number of benzene rings is 1. The Bertz CT molecular complexity index is 603. The molecule has 6 nitrogen and oxygen atoms in total. The molecule has 0 aliphatic carbocycles. The van der Waals surface area contributed by atoms with Crippen LogP contribution in [0.15, 0.2) is 23.1 Å². The Labute approximate surface area is 116 Å². The fourth-order valence-electron chi connectivity index (χ4n) is 1.88. The van der Waals surface area contributed by atoms with E-state index < -0.39 is 10.0 Å². The number of halogens is 1. The van der Waals surface area contributed by atoms with Gasteiger partial charge in [-0.1, -0.05) is 11.6 Å². The molecule has 0 saturated carbocycles. The summed E-state index contributed by atoms with van der Waals surface area (Å²) < 4.78 is 26.1. The fraction of sp³-hybridized carbons (Fsp3) is 0.364. The zero-order chi connectivity index (χ0) is 14.0. The first kappa shape index (κ1) is 14.1. The van der Waals surface area contributed by atoms with Crippen LogP contribution in [0.2, 0.25) is 5.02 Å². The highest BCUT2D eigenvalue weighted by Crippen LogP contribution is 2.25. The van der Waals surface area contributed by atoms with Crippen molar-refractivity contribution in [3.63, 3.8) is 0 Å². The third-order valence-electron chi connectivity index (χ3n) is 2.86. The van der Waals surface area contributed by atoms with Crippen LogP contribution in [-0.2, 0) is 14.8 Å². The van der Waals surface area contributed by atoms with E-state index in [0.717, 1.165) is 0 Å². The lowest BCUT2D eigenvalue weighted by Crippen LogP contribution is -2.34. The van der Waals surface area contributed by atoms with Crippen molar-refractivity contribution >= 4 is 33.2 Å². The number of nitrogens with one attached hydrogen (secondary N) is 1. The minimum absolute atomic E-state index is 0.0197. The van der Waals surface area contributed by atoms with Crippen molar-refractivity contribution in [3.05, 3.63) is 23.2 Å². The molecule has 0 aromatic heterocycles. The summed E-state index contributed by atoms with van der Waals surface area (Å²) in [6.07, 6.45) is 0.146. The molecule has 0 unspecified atom stereocenters. The van der Waals surface area contributed by atoms with E-state index in [2.05, 4.69) is 5.32 Å². The molecule has 8 heteroatoms. The van der Waals surface area contributed by atoms with Crippen LogP contribution in [0.1, 0.15) is 6.42 Å². The quantitative estimate of drug-likeness (QED) is 0.775. The monoisotopic (exact) mass is 303 g/mol. The van der Waals surface area contributed by atoms with E-state index in [1.54, 1.807) is 0 Å². The molecule has 0 spiro atoms. The number of rotatable bonds is 2. The standard InChI is InChI=1S/C11H14ClN3O3S/c12-8-1-2-10(9(13)7-8)19(17,18)15-5-3-11(16)14-4-6-15/h1-2,7H,3-6,13H2,(H,14,16). The van der Waals surface area contributed by atoms with Gasteiger partial charge in [0, 0.05) is 31.1 Å². The van der Waals surface area contributed by atoms with Gasteiger partial charge < -0.3 is 11.1 Å². The molecule has 0 bridgehead atoms. The second kappa shape index (κ2) is 5.36. The van der Waals surface area contributed by atoms with E-state index in [-0.39, 0.29) is 36.0 Å². The summed E-state index contributed by atoms with van der Waals surface area (Å²) in [6, 6.07) is 4.26. The first-order chi connectivity index (χ1) is 8.91. The van der Waals surface area contributed by atoms with Crippen molar-refractivity contribution in [1.29, 1.82) is 0 Å². The first-order valence-electron chi connectivity index (χ1n) is 5.73. The highest BCUT2D eigenvalue weighted by Gasteiger charge is 2.28. The van der Waals surface area contributed by atoms with Gasteiger partial charge in [0.2, 0.25) is 15.9 Å². The molecule has 0 atom stereocenters. The highest BCUT2D eigenvalue weighted by atomic mass is 35.5. The van der Waals surface area contributed by atoms with Crippen molar-refractivity contribution in [3.8, 4) is 0 Å². The summed E-state index contributed by atoms with van der Waals surface area (Å²) in [6.45, 7) is 0.679. The highest BCUT2D eigenvalue weighted by molar-refractivity contribution is 7.89. The van der Waals surface area contributed by atoms with Crippen LogP contribution < -0.4 is 11.1 Å². The van der Waals surface area contributed by atoms with Crippen molar-refractivity contribution < 1.29 is 13.2 Å². The van der Waals surface area contributed by atoms with E-state index in [1.165, 1.54) is 22.5 Å². The van der Waals surface area contributed by atoms with Crippen LogP contribution >= 0.6 is 11.6 Å². The van der Waals surface area contributed by atoms with Crippen LogP contribution in [0, 0.1) is 0 Å². The Hall–Kier alpha value is -1.31. The Morgan fingerprint density at radius 1 is 1.32 bits per heavy atom. The molecule has 1 aliphatic heterocycles. The molecule has 19 heavy (non-hydrogen) atoms. The van der Waals surface area contributed by atoms with E-state index in [9.17, 15) is 13.2 Å². The number of hydrogen-bond donors (Lipinski definition) is 2.